The van der Waals surface area contributed by atoms with Crippen molar-refractivity contribution in [2.24, 2.45) is 11.8 Å². The second kappa shape index (κ2) is 4.56. The second-order valence-electron chi connectivity index (χ2n) is 7.20. The van der Waals surface area contributed by atoms with Gasteiger partial charge in [-0.3, -0.25) is 9.59 Å². The molecule has 0 aromatic heterocycles. The standard InChI is InChI=1S/C20H17NO4/c1-19-9-10-20(11-22,25-19)16-15(19)17(23)21(18(16)24)14-8-4-6-12-5-2-3-7-13(12)14/h2-10,15-16,22H,11H2,1H3/t15-,16+,19-,20-/m0/s1. The van der Waals surface area contributed by atoms with Gasteiger partial charge in [0.1, 0.15) is 5.60 Å². The van der Waals surface area contributed by atoms with Gasteiger partial charge in [0.2, 0.25) is 11.8 Å². The number of hydrogen-bond donors (Lipinski definition) is 1. The van der Waals surface area contributed by atoms with Crippen molar-refractivity contribution in [1.29, 1.82) is 0 Å². The Kier molecular flexibility index (Phi) is 2.70. The summed E-state index contributed by atoms with van der Waals surface area (Å²) in [6, 6.07) is 13.3. The van der Waals surface area contributed by atoms with Crippen LogP contribution in [0.4, 0.5) is 5.69 Å². The van der Waals surface area contributed by atoms with Crippen LogP contribution < -0.4 is 4.90 Å². The van der Waals surface area contributed by atoms with Gasteiger partial charge in [-0.15, -0.1) is 0 Å². The van der Waals surface area contributed by atoms with Gasteiger partial charge in [-0.2, -0.15) is 0 Å². The molecule has 2 fully saturated rings. The number of imide groups is 1. The number of ether oxygens (including phenoxy) is 1. The molecule has 2 saturated heterocycles. The number of carbonyl (C=O) groups is 2. The van der Waals surface area contributed by atoms with Crippen LogP contribution in [0.5, 0.6) is 0 Å². The maximum Gasteiger partial charge on any atom is 0.241 e. The highest BCUT2D eigenvalue weighted by Gasteiger charge is 2.72. The van der Waals surface area contributed by atoms with Crippen LogP contribution in [0.3, 0.4) is 0 Å². The molecule has 0 unspecified atom stereocenters. The van der Waals surface area contributed by atoms with Crippen LogP contribution in [0.2, 0.25) is 0 Å². The first-order valence-corrected chi connectivity index (χ1v) is 8.38. The molecule has 4 atom stereocenters. The molecule has 0 aliphatic carbocycles. The van der Waals surface area contributed by atoms with E-state index in [9.17, 15) is 14.7 Å². The molecule has 2 amide bonds. The largest absolute Gasteiger partial charge is 0.393 e. The Morgan fingerprint density at radius 1 is 1.04 bits per heavy atom. The van der Waals surface area contributed by atoms with Crippen molar-refractivity contribution in [1.82, 2.24) is 0 Å². The van der Waals surface area contributed by atoms with Crippen molar-refractivity contribution in [2.45, 2.75) is 18.1 Å². The van der Waals surface area contributed by atoms with Gasteiger partial charge in [0.05, 0.1) is 29.7 Å². The lowest BCUT2D eigenvalue weighted by Crippen LogP contribution is -2.43. The summed E-state index contributed by atoms with van der Waals surface area (Å²) in [4.78, 5) is 27.7. The van der Waals surface area contributed by atoms with Crippen LogP contribution in [0.25, 0.3) is 10.8 Å². The number of aliphatic hydroxyl groups is 1. The molecular formula is C20H17NO4. The molecule has 0 radical (unpaired) electrons. The molecule has 5 nitrogen and oxygen atoms in total. The monoisotopic (exact) mass is 335 g/mol. The van der Waals surface area contributed by atoms with E-state index in [0.29, 0.717) is 5.69 Å². The topological polar surface area (TPSA) is 66.8 Å². The molecule has 2 bridgehead atoms. The summed E-state index contributed by atoms with van der Waals surface area (Å²) in [7, 11) is 0. The highest BCUT2D eigenvalue weighted by atomic mass is 16.5. The summed E-state index contributed by atoms with van der Waals surface area (Å²) in [5.41, 5.74) is -1.34. The first-order chi connectivity index (χ1) is 12.0. The Hall–Kier alpha value is -2.50. The Bertz CT molecular complexity index is 962. The average molecular weight is 335 g/mol. The van der Waals surface area contributed by atoms with Gasteiger partial charge in [0.15, 0.2) is 0 Å². The Morgan fingerprint density at radius 3 is 2.56 bits per heavy atom. The van der Waals surface area contributed by atoms with Crippen LogP contribution in [0, 0.1) is 11.8 Å². The molecule has 1 N–H and O–H groups in total. The third-order valence-corrected chi connectivity index (χ3v) is 5.81. The zero-order valence-corrected chi connectivity index (χ0v) is 13.7. The fourth-order valence-corrected chi connectivity index (χ4v) is 4.68. The normalized spacial score (nSPS) is 35.8. The van der Waals surface area contributed by atoms with E-state index in [-0.39, 0.29) is 18.4 Å². The molecule has 3 aliphatic rings. The van der Waals surface area contributed by atoms with Crippen molar-refractivity contribution >= 4 is 28.3 Å². The molecule has 0 saturated carbocycles. The zero-order chi connectivity index (χ0) is 17.4. The maximum atomic E-state index is 13.2. The van der Waals surface area contributed by atoms with Gasteiger partial charge < -0.3 is 9.84 Å². The second-order valence-corrected chi connectivity index (χ2v) is 7.20. The van der Waals surface area contributed by atoms with Crippen LogP contribution in [0.15, 0.2) is 54.6 Å². The fourth-order valence-electron chi connectivity index (χ4n) is 4.68. The number of anilines is 1. The van der Waals surface area contributed by atoms with Gasteiger partial charge >= 0.3 is 0 Å². The highest BCUT2D eigenvalue weighted by Crippen LogP contribution is 2.57. The summed E-state index contributed by atoms with van der Waals surface area (Å²) in [5.74, 6) is -1.84. The molecule has 2 aromatic carbocycles. The lowest BCUT2D eigenvalue weighted by molar-refractivity contribution is -0.131. The SMILES string of the molecule is C[C@@]12C=C[C@@](CO)(O1)[C@H]1C(=O)N(c3cccc4ccccc34)C(=O)[C@H]12. The number of carbonyl (C=O) groups excluding carboxylic acids is 2. The summed E-state index contributed by atoms with van der Waals surface area (Å²) >= 11 is 0. The number of fused-ring (bicyclic) bond motifs is 6. The number of aliphatic hydroxyl groups excluding tert-OH is 1. The molecule has 2 aromatic rings. The van der Waals surface area contributed by atoms with E-state index in [4.69, 9.17) is 4.74 Å². The lowest BCUT2D eigenvalue weighted by atomic mass is 9.73. The maximum absolute atomic E-state index is 13.2. The third-order valence-electron chi connectivity index (χ3n) is 5.81. The zero-order valence-electron chi connectivity index (χ0n) is 13.7. The van der Waals surface area contributed by atoms with Crippen molar-refractivity contribution in [3.05, 3.63) is 54.6 Å². The summed E-state index contributed by atoms with van der Waals surface area (Å²) in [5, 5.41) is 11.7. The van der Waals surface area contributed by atoms with E-state index >= 15 is 0 Å². The minimum absolute atomic E-state index is 0.256. The smallest absolute Gasteiger partial charge is 0.241 e. The van der Waals surface area contributed by atoms with Crippen molar-refractivity contribution < 1.29 is 19.4 Å². The first kappa shape index (κ1) is 14.8. The summed E-state index contributed by atoms with van der Waals surface area (Å²) < 4.78 is 5.95. The highest BCUT2D eigenvalue weighted by molar-refractivity contribution is 6.26. The molecule has 5 rings (SSSR count). The Labute approximate surface area is 144 Å². The molecule has 25 heavy (non-hydrogen) atoms. The van der Waals surface area contributed by atoms with Crippen molar-refractivity contribution in [2.75, 3.05) is 11.5 Å². The van der Waals surface area contributed by atoms with Crippen LogP contribution in [-0.4, -0.2) is 34.7 Å². The average Bonchev–Trinajstić information content (AvgIpc) is 3.20. The fraction of sp³-hybridized carbons (Fsp3) is 0.300. The van der Waals surface area contributed by atoms with Gasteiger partial charge in [-0.25, -0.2) is 4.90 Å². The predicted octanol–water partition coefficient (Wildman–Crippen LogP) is 2.04. The molecule has 126 valence electrons. The molecule has 0 spiro atoms. The van der Waals surface area contributed by atoms with Crippen molar-refractivity contribution in [3.8, 4) is 0 Å². The molecule has 3 heterocycles. The molecular weight excluding hydrogens is 318 g/mol. The van der Waals surface area contributed by atoms with Gasteiger partial charge in [0, 0.05) is 5.39 Å². The number of hydrogen-bond acceptors (Lipinski definition) is 4. The van der Waals surface area contributed by atoms with Crippen LogP contribution >= 0.6 is 0 Å². The first-order valence-electron chi connectivity index (χ1n) is 8.38. The van der Waals surface area contributed by atoms with Gasteiger partial charge in [-0.05, 0) is 18.4 Å². The summed E-state index contributed by atoms with van der Waals surface area (Å²) in [6.45, 7) is 1.49. The van der Waals surface area contributed by atoms with Gasteiger partial charge in [-0.1, -0.05) is 48.6 Å². The van der Waals surface area contributed by atoms with Crippen LogP contribution in [-0.2, 0) is 14.3 Å². The Morgan fingerprint density at radius 2 is 1.76 bits per heavy atom. The molecule has 5 heteroatoms. The van der Waals surface area contributed by atoms with Gasteiger partial charge in [0.25, 0.3) is 0 Å². The van der Waals surface area contributed by atoms with E-state index < -0.39 is 23.0 Å². The number of rotatable bonds is 2. The van der Waals surface area contributed by atoms with E-state index in [2.05, 4.69) is 0 Å². The summed E-state index contributed by atoms with van der Waals surface area (Å²) in [6.07, 6.45) is 3.55. The van der Waals surface area contributed by atoms with E-state index in [0.717, 1.165) is 10.8 Å². The van der Waals surface area contributed by atoms with Crippen LogP contribution in [0.1, 0.15) is 6.92 Å². The van der Waals surface area contributed by atoms with Crippen molar-refractivity contribution in [3.63, 3.8) is 0 Å². The third kappa shape index (κ3) is 1.64. The van der Waals surface area contributed by atoms with E-state index in [1.165, 1.54) is 4.90 Å². The van der Waals surface area contributed by atoms with E-state index in [1.807, 2.05) is 49.4 Å². The number of benzene rings is 2. The number of nitrogens with zero attached hydrogens (tertiary/aromatic N) is 1. The van der Waals surface area contributed by atoms with E-state index in [1.54, 1.807) is 12.1 Å². The predicted molar refractivity (Wildman–Crippen MR) is 91.9 cm³/mol. The Balaban J connectivity index is 1.69. The minimum Gasteiger partial charge on any atom is -0.393 e. The lowest BCUT2D eigenvalue weighted by Gasteiger charge is -2.27. The number of amides is 2. The quantitative estimate of drug-likeness (QED) is 0.674. The molecule has 3 aliphatic heterocycles. The minimum atomic E-state index is -1.09.